The van der Waals surface area contributed by atoms with Gasteiger partial charge >= 0.3 is 0 Å². The Morgan fingerprint density at radius 2 is 1.83 bits per heavy atom. The molecule has 1 aliphatic rings. The molecule has 0 saturated carbocycles. The molecule has 0 unspecified atom stereocenters. The molecule has 0 radical (unpaired) electrons. The van der Waals surface area contributed by atoms with E-state index in [0.717, 1.165) is 41.9 Å². The number of nitrogens with zero attached hydrogens (tertiary/aromatic N) is 3. The van der Waals surface area contributed by atoms with Crippen LogP contribution in [0.2, 0.25) is 0 Å². The Bertz CT molecular complexity index is 1140. The van der Waals surface area contributed by atoms with Gasteiger partial charge in [0, 0.05) is 19.2 Å². The van der Waals surface area contributed by atoms with Gasteiger partial charge in [0.15, 0.2) is 5.16 Å². The normalized spacial score (nSPS) is 14.9. The number of H-pyrrole nitrogens is 1. The van der Waals surface area contributed by atoms with Crippen molar-refractivity contribution in [2.24, 2.45) is 0 Å². The number of aromatic amines is 1. The van der Waals surface area contributed by atoms with E-state index in [2.05, 4.69) is 9.97 Å². The third kappa shape index (κ3) is 4.04. The Hall–Kier alpha value is -2.69. The lowest BCUT2D eigenvalue weighted by molar-refractivity contribution is -0.388. The molecular weight excluding hydrogens is 412 g/mol. The Kier molecular flexibility index (Phi) is 5.39. The molecule has 1 saturated heterocycles. The van der Waals surface area contributed by atoms with E-state index in [4.69, 9.17) is 0 Å². The summed E-state index contributed by atoms with van der Waals surface area (Å²) in [4.78, 5) is 18.7. The molecule has 3 aromatic rings. The highest BCUT2D eigenvalue weighted by Gasteiger charge is 2.29. The van der Waals surface area contributed by atoms with Crippen LogP contribution in [0.1, 0.15) is 12.8 Å². The minimum Gasteiger partial charge on any atom is -0.333 e. The van der Waals surface area contributed by atoms with E-state index < -0.39 is 14.9 Å². The number of nitro benzene ring substituents is 1. The van der Waals surface area contributed by atoms with Gasteiger partial charge in [0.1, 0.15) is 0 Å². The lowest BCUT2D eigenvalue weighted by Gasteiger charge is -2.15. The van der Waals surface area contributed by atoms with Gasteiger partial charge in [-0.1, -0.05) is 30.3 Å². The molecule has 0 bridgehead atoms. The first-order valence-corrected chi connectivity index (χ1v) is 11.3. The van der Waals surface area contributed by atoms with Crippen molar-refractivity contribution < 1.29 is 13.3 Å². The molecule has 10 heteroatoms. The van der Waals surface area contributed by atoms with Crippen molar-refractivity contribution in [3.63, 3.8) is 0 Å². The molecule has 1 aliphatic heterocycles. The van der Waals surface area contributed by atoms with E-state index in [1.807, 2.05) is 30.3 Å². The highest BCUT2D eigenvalue weighted by Crippen LogP contribution is 2.36. The third-order valence-electron chi connectivity index (χ3n) is 4.67. The quantitative estimate of drug-likeness (QED) is 0.469. The van der Waals surface area contributed by atoms with Gasteiger partial charge < -0.3 is 4.98 Å². The summed E-state index contributed by atoms with van der Waals surface area (Å²) in [6, 6.07) is 13.6. The zero-order chi connectivity index (χ0) is 20.4. The molecule has 150 valence electrons. The second-order valence-corrected chi connectivity index (χ2v) is 9.54. The van der Waals surface area contributed by atoms with Crippen molar-refractivity contribution in [2.75, 3.05) is 13.1 Å². The second kappa shape index (κ2) is 7.97. The predicted octanol–water partition coefficient (Wildman–Crippen LogP) is 3.92. The molecule has 2 heterocycles. The molecule has 2 aromatic carbocycles. The van der Waals surface area contributed by atoms with Gasteiger partial charge in [0.05, 0.1) is 26.6 Å². The summed E-state index contributed by atoms with van der Waals surface area (Å²) < 4.78 is 26.8. The highest BCUT2D eigenvalue weighted by atomic mass is 32.2. The number of sulfonamides is 1. The molecular formula is C19H18N4O4S2. The summed E-state index contributed by atoms with van der Waals surface area (Å²) in [5.41, 5.74) is 1.49. The topological polar surface area (TPSA) is 109 Å². The standard InChI is InChI=1S/C19H18N4O4S2/c24-23(25)17-12-15(29(26,27)22-10-4-5-11-22)8-9-18(17)28-19-20-13-16(21-19)14-6-2-1-3-7-14/h1-3,6-9,12-13H,4-5,10-11H2,(H,20,21). The maximum Gasteiger partial charge on any atom is 0.284 e. The SMILES string of the molecule is O=[N+]([O-])c1cc(S(=O)(=O)N2CCCC2)ccc1Sc1ncc(-c2ccccc2)[nH]1. The van der Waals surface area contributed by atoms with Crippen LogP contribution in [0.25, 0.3) is 11.3 Å². The van der Waals surface area contributed by atoms with Gasteiger partial charge in [-0.2, -0.15) is 4.31 Å². The molecule has 1 aromatic heterocycles. The van der Waals surface area contributed by atoms with Crippen molar-refractivity contribution in [3.8, 4) is 11.3 Å². The summed E-state index contributed by atoms with van der Waals surface area (Å²) in [5.74, 6) is 0. The van der Waals surface area contributed by atoms with Crippen LogP contribution in [0, 0.1) is 10.1 Å². The zero-order valence-electron chi connectivity index (χ0n) is 15.3. The smallest absolute Gasteiger partial charge is 0.284 e. The molecule has 8 nitrogen and oxygen atoms in total. The number of benzene rings is 2. The highest BCUT2D eigenvalue weighted by molar-refractivity contribution is 7.99. The lowest BCUT2D eigenvalue weighted by Crippen LogP contribution is -2.27. The summed E-state index contributed by atoms with van der Waals surface area (Å²) in [5, 5.41) is 12.1. The van der Waals surface area contributed by atoms with E-state index >= 15 is 0 Å². The fourth-order valence-electron chi connectivity index (χ4n) is 3.19. The second-order valence-electron chi connectivity index (χ2n) is 6.57. The van der Waals surface area contributed by atoms with Crippen molar-refractivity contribution in [2.45, 2.75) is 27.8 Å². The van der Waals surface area contributed by atoms with Crippen LogP contribution in [0.4, 0.5) is 5.69 Å². The van der Waals surface area contributed by atoms with E-state index in [9.17, 15) is 18.5 Å². The summed E-state index contributed by atoms with van der Waals surface area (Å²) in [7, 11) is -3.72. The molecule has 29 heavy (non-hydrogen) atoms. The van der Waals surface area contributed by atoms with Crippen LogP contribution in [-0.2, 0) is 10.0 Å². The van der Waals surface area contributed by atoms with E-state index in [-0.39, 0.29) is 10.6 Å². The first-order chi connectivity index (χ1) is 13.9. The van der Waals surface area contributed by atoms with Crippen molar-refractivity contribution in [1.82, 2.24) is 14.3 Å². The van der Waals surface area contributed by atoms with Gasteiger partial charge in [0.25, 0.3) is 5.69 Å². The molecule has 0 spiro atoms. The Balaban J connectivity index is 1.63. The number of rotatable bonds is 6. The number of nitrogens with one attached hydrogen (secondary N) is 1. The van der Waals surface area contributed by atoms with Crippen LogP contribution < -0.4 is 0 Å². The molecule has 0 amide bonds. The fraction of sp³-hybridized carbons (Fsp3) is 0.211. The minimum atomic E-state index is -3.72. The maximum absolute atomic E-state index is 12.7. The number of hydrogen-bond donors (Lipinski definition) is 1. The Labute approximate surface area is 172 Å². The van der Waals surface area contributed by atoms with Crippen molar-refractivity contribution in [1.29, 1.82) is 0 Å². The van der Waals surface area contributed by atoms with Gasteiger partial charge in [-0.25, -0.2) is 13.4 Å². The van der Waals surface area contributed by atoms with Crippen LogP contribution in [0.3, 0.4) is 0 Å². The van der Waals surface area contributed by atoms with Gasteiger partial charge in [-0.05, 0) is 42.3 Å². The summed E-state index contributed by atoms with van der Waals surface area (Å²) in [6.45, 7) is 0.891. The van der Waals surface area contributed by atoms with Crippen molar-refractivity contribution in [3.05, 3.63) is 64.8 Å². The molecule has 1 fully saturated rings. The number of nitro groups is 1. The van der Waals surface area contributed by atoms with Crippen LogP contribution in [0.5, 0.6) is 0 Å². The maximum atomic E-state index is 12.7. The first-order valence-electron chi connectivity index (χ1n) is 9.02. The average molecular weight is 431 g/mol. The Morgan fingerprint density at radius 3 is 2.52 bits per heavy atom. The molecule has 0 atom stereocenters. The van der Waals surface area contributed by atoms with Gasteiger partial charge in [-0.3, -0.25) is 10.1 Å². The van der Waals surface area contributed by atoms with Crippen LogP contribution in [0.15, 0.2) is 69.7 Å². The number of imidazole rings is 1. The van der Waals surface area contributed by atoms with E-state index in [0.29, 0.717) is 23.1 Å². The predicted molar refractivity (Wildman–Crippen MR) is 109 cm³/mol. The van der Waals surface area contributed by atoms with Gasteiger partial charge in [-0.15, -0.1) is 0 Å². The third-order valence-corrected chi connectivity index (χ3v) is 7.53. The van der Waals surface area contributed by atoms with Crippen molar-refractivity contribution >= 4 is 27.5 Å². The average Bonchev–Trinajstić information content (AvgIpc) is 3.41. The zero-order valence-corrected chi connectivity index (χ0v) is 16.9. The first kappa shape index (κ1) is 19.6. The summed E-state index contributed by atoms with van der Waals surface area (Å²) >= 11 is 1.09. The van der Waals surface area contributed by atoms with Gasteiger partial charge in [0.2, 0.25) is 10.0 Å². The number of hydrogen-bond acceptors (Lipinski definition) is 6. The monoisotopic (exact) mass is 430 g/mol. The molecule has 4 rings (SSSR count). The largest absolute Gasteiger partial charge is 0.333 e. The number of aromatic nitrogens is 2. The van der Waals surface area contributed by atoms with Crippen LogP contribution in [-0.4, -0.2) is 40.7 Å². The molecule has 0 aliphatic carbocycles. The molecule has 1 N–H and O–H groups in total. The summed E-state index contributed by atoms with van der Waals surface area (Å²) in [6.07, 6.45) is 3.27. The van der Waals surface area contributed by atoms with E-state index in [1.165, 1.54) is 16.4 Å². The van der Waals surface area contributed by atoms with E-state index in [1.54, 1.807) is 6.20 Å². The van der Waals surface area contributed by atoms with Crippen LogP contribution >= 0.6 is 11.8 Å². The Morgan fingerprint density at radius 1 is 1.10 bits per heavy atom. The minimum absolute atomic E-state index is 0.0557. The fourth-order valence-corrected chi connectivity index (χ4v) is 5.57. The lowest BCUT2D eigenvalue weighted by atomic mass is 10.2.